The third-order valence-corrected chi connectivity index (χ3v) is 6.36. The molecule has 1 aliphatic heterocycles. The van der Waals surface area contributed by atoms with Crippen molar-refractivity contribution in [2.75, 3.05) is 20.3 Å². The number of carboxylic acids is 2. The topological polar surface area (TPSA) is 137 Å². The molecule has 0 radical (unpaired) electrons. The van der Waals surface area contributed by atoms with E-state index in [1.54, 1.807) is 17.4 Å². The molecule has 2 heterocycles. The van der Waals surface area contributed by atoms with Crippen molar-refractivity contribution in [3.8, 4) is 5.75 Å². The third kappa shape index (κ3) is 8.57. The van der Waals surface area contributed by atoms with E-state index < -0.39 is 23.7 Å². The highest BCUT2D eigenvalue weighted by molar-refractivity contribution is 7.13. The number of nitrogens with zero attached hydrogens (tertiary/aromatic N) is 1. The SMILES string of the molecule is CC(F)(F)C(=O)O.CF.N=C(N)c1ccc(OC(=C2CC2)c2cc3c(s2)CN(CC(=O)O)CC3)c(F)c1. The average molecular weight is 546 g/mol. The van der Waals surface area contributed by atoms with Gasteiger partial charge in [0.25, 0.3) is 0 Å². The molecule has 2 aromatic rings. The van der Waals surface area contributed by atoms with Gasteiger partial charge in [-0.3, -0.25) is 19.5 Å². The lowest BCUT2D eigenvalue weighted by Crippen LogP contribution is -2.33. The molecule has 1 aliphatic carbocycles. The number of allylic oxidation sites excluding steroid dienone is 1. The minimum absolute atomic E-state index is 0.0326. The number of amidine groups is 1. The summed E-state index contributed by atoms with van der Waals surface area (Å²) in [5, 5.41) is 23.9. The lowest BCUT2D eigenvalue weighted by molar-refractivity contribution is -0.161. The predicted molar refractivity (Wildman–Crippen MR) is 130 cm³/mol. The van der Waals surface area contributed by atoms with Crippen molar-refractivity contribution in [1.29, 1.82) is 5.41 Å². The van der Waals surface area contributed by atoms with Crippen molar-refractivity contribution in [2.45, 2.75) is 38.7 Å². The van der Waals surface area contributed by atoms with Crippen molar-refractivity contribution >= 4 is 34.9 Å². The van der Waals surface area contributed by atoms with Gasteiger partial charge in [0.1, 0.15) is 11.6 Å². The number of carboxylic acid groups (broad SMARTS) is 2. The number of alkyl halides is 3. The Bertz CT molecular complexity index is 1190. The number of hydrogen-bond donors (Lipinski definition) is 4. The van der Waals surface area contributed by atoms with Crippen LogP contribution in [0.4, 0.5) is 17.6 Å². The summed E-state index contributed by atoms with van der Waals surface area (Å²) in [6, 6.07) is 6.35. The molecule has 1 aromatic carbocycles. The molecule has 0 amide bonds. The molecule has 5 N–H and O–H groups in total. The zero-order valence-corrected chi connectivity index (χ0v) is 20.9. The Morgan fingerprint density at radius 1 is 1.19 bits per heavy atom. The van der Waals surface area contributed by atoms with Gasteiger partial charge in [0.15, 0.2) is 11.6 Å². The molecular formula is C24H27F4N3O5S. The number of halogens is 4. The Labute approximate surface area is 214 Å². The van der Waals surface area contributed by atoms with Crippen LogP contribution in [0.1, 0.15) is 40.6 Å². The van der Waals surface area contributed by atoms with Gasteiger partial charge in [0, 0.05) is 30.5 Å². The molecular weight excluding hydrogens is 518 g/mol. The van der Waals surface area contributed by atoms with Crippen molar-refractivity contribution < 1.29 is 42.1 Å². The summed E-state index contributed by atoms with van der Waals surface area (Å²) in [6.45, 7) is 1.68. The average Bonchev–Trinajstić information content (AvgIpc) is 3.57. The molecule has 1 saturated carbocycles. The quantitative estimate of drug-likeness (QED) is 0.174. The van der Waals surface area contributed by atoms with E-state index in [1.165, 1.54) is 17.7 Å². The molecule has 0 bridgehead atoms. The van der Waals surface area contributed by atoms with E-state index in [2.05, 4.69) is 6.07 Å². The van der Waals surface area contributed by atoms with Gasteiger partial charge in [-0.15, -0.1) is 11.3 Å². The number of nitrogens with two attached hydrogens (primary N) is 1. The van der Waals surface area contributed by atoms with Crippen LogP contribution >= 0.6 is 11.3 Å². The van der Waals surface area contributed by atoms with E-state index in [0.29, 0.717) is 38.5 Å². The van der Waals surface area contributed by atoms with Crippen LogP contribution in [0.2, 0.25) is 0 Å². The predicted octanol–water partition coefficient (Wildman–Crippen LogP) is 4.51. The zero-order valence-electron chi connectivity index (χ0n) is 20.1. The van der Waals surface area contributed by atoms with Gasteiger partial charge in [-0.2, -0.15) is 8.78 Å². The summed E-state index contributed by atoms with van der Waals surface area (Å²) in [7, 11) is 0.500. The normalized spacial score (nSPS) is 14.3. The fourth-order valence-electron chi connectivity index (χ4n) is 3.26. The first-order chi connectivity index (χ1) is 17.3. The highest BCUT2D eigenvalue weighted by Crippen LogP contribution is 2.42. The van der Waals surface area contributed by atoms with Crippen LogP contribution in [-0.2, 0) is 22.6 Å². The maximum absolute atomic E-state index is 14.4. The van der Waals surface area contributed by atoms with Crippen molar-refractivity contribution in [2.24, 2.45) is 5.73 Å². The molecule has 37 heavy (non-hydrogen) atoms. The molecule has 4 rings (SSSR count). The number of fused-ring (bicyclic) bond motifs is 1. The number of nitrogens with one attached hydrogen (secondary N) is 1. The first kappa shape index (κ1) is 29.8. The summed E-state index contributed by atoms with van der Waals surface area (Å²) < 4.78 is 52.4. The second-order valence-electron chi connectivity index (χ2n) is 8.20. The molecule has 1 aromatic heterocycles. The third-order valence-electron chi connectivity index (χ3n) is 5.20. The minimum Gasteiger partial charge on any atom is -0.480 e. The molecule has 0 spiro atoms. The second-order valence-corrected chi connectivity index (χ2v) is 9.34. The van der Waals surface area contributed by atoms with Gasteiger partial charge in [-0.25, -0.2) is 9.18 Å². The van der Waals surface area contributed by atoms with Crippen molar-refractivity contribution in [3.05, 3.63) is 56.5 Å². The largest absolute Gasteiger partial charge is 0.480 e. The summed E-state index contributed by atoms with van der Waals surface area (Å²) >= 11 is 1.58. The standard InChI is InChI=1S/C20H20FN3O3S.C3H4F2O2.CH3F/c21-14-7-13(20(22)23)3-4-15(14)27-19(11-1-2-11)16-8-12-5-6-24(10-18(25)26)9-17(12)28-16;1-3(4,5)2(6)7;1-2/h3-4,7-8H,1-2,5-6,9-10H2,(H3,22,23)(H,25,26);1H3,(H,6,7);1H3. The highest BCUT2D eigenvalue weighted by atomic mass is 32.1. The number of aliphatic carboxylic acids is 2. The molecule has 202 valence electrons. The monoisotopic (exact) mass is 545 g/mol. The Kier molecular flexibility index (Phi) is 10.2. The smallest absolute Gasteiger partial charge is 0.374 e. The fraction of sp³-hybridized carbons (Fsp3) is 0.375. The van der Waals surface area contributed by atoms with Gasteiger partial charge in [-0.1, -0.05) is 0 Å². The second kappa shape index (κ2) is 12.7. The Hall–Kier alpha value is -3.45. The van der Waals surface area contributed by atoms with Gasteiger partial charge in [0.2, 0.25) is 0 Å². The Morgan fingerprint density at radius 3 is 2.30 bits per heavy atom. The molecule has 0 unspecified atom stereocenters. The van der Waals surface area contributed by atoms with E-state index in [4.69, 9.17) is 26.1 Å². The first-order valence-corrected chi connectivity index (χ1v) is 11.8. The number of ether oxygens (including phenoxy) is 1. The van der Waals surface area contributed by atoms with Crippen molar-refractivity contribution in [1.82, 2.24) is 4.90 Å². The number of carbonyl (C=O) groups is 2. The molecule has 0 atom stereocenters. The number of thiophene rings is 1. The molecule has 1 fully saturated rings. The van der Waals surface area contributed by atoms with Crippen LogP contribution in [0.25, 0.3) is 5.76 Å². The van der Waals surface area contributed by atoms with Crippen LogP contribution in [0.15, 0.2) is 29.8 Å². The Morgan fingerprint density at radius 2 is 1.81 bits per heavy atom. The van der Waals surface area contributed by atoms with Gasteiger partial charge in [0.05, 0.1) is 18.6 Å². The fourth-order valence-corrected chi connectivity index (χ4v) is 4.54. The van der Waals surface area contributed by atoms with Gasteiger partial charge < -0.3 is 20.7 Å². The van der Waals surface area contributed by atoms with Crippen LogP contribution in [0, 0.1) is 11.2 Å². The van der Waals surface area contributed by atoms with E-state index in [9.17, 15) is 27.2 Å². The Balaban J connectivity index is 0.000000465. The van der Waals surface area contributed by atoms with E-state index in [-0.39, 0.29) is 18.1 Å². The van der Waals surface area contributed by atoms with Gasteiger partial charge in [-0.05, 0) is 54.7 Å². The lowest BCUT2D eigenvalue weighted by atomic mass is 10.1. The van der Waals surface area contributed by atoms with Gasteiger partial charge >= 0.3 is 17.9 Å². The van der Waals surface area contributed by atoms with Crippen LogP contribution < -0.4 is 10.5 Å². The summed E-state index contributed by atoms with van der Waals surface area (Å²) in [4.78, 5) is 24.2. The molecule has 8 nitrogen and oxygen atoms in total. The van der Waals surface area contributed by atoms with E-state index >= 15 is 0 Å². The molecule has 2 aliphatic rings. The van der Waals surface area contributed by atoms with E-state index in [1.807, 2.05) is 4.90 Å². The van der Waals surface area contributed by atoms with Crippen LogP contribution in [0.3, 0.4) is 0 Å². The molecule has 0 saturated heterocycles. The number of rotatable bonds is 7. The maximum Gasteiger partial charge on any atom is 0.374 e. The maximum atomic E-state index is 14.4. The summed E-state index contributed by atoms with van der Waals surface area (Å²) in [5.74, 6) is -6.44. The number of hydrogen-bond acceptors (Lipinski definition) is 6. The van der Waals surface area contributed by atoms with Crippen LogP contribution in [0.5, 0.6) is 5.75 Å². The lowest BCUT2D eigenvalue weighted by Gasteiger charge is -2.24. The first-order valence-electron chi connectivity index (χ1n) is 10.9. The minimum atomic E-state index is -3.58. The van der Waals surface area contributed by atoms with Crippen LogP contribution in [-0.4, -0.2) is 59.1 Å². The zero-order chi connectivity index (χ0) is 27.9. The van der Waals surface area contributed by atoms with E-state index in [0.717, 1.165) is 34.6 Å². The highest BCUT2D eigenvalue weighted by Gasteiger charge is 2.31. The molecule has 13 heteroatoms. The summed E-state index contributed by atoms with van der Waals surface area (Å²) in [6.07, 6.45) is 2.65. The summed E-state index contributed by atoms with van der Waals surface area (Å²) in [5.41, 5.74) is 8.08. The number of nitrogen functional groups attached to an aromatic ring is 1. The van der Waals surface area contributed by atoms with Crippen molar-refractivity contribution in [3.63, 3.8) is 0 Å². The number of benzene rings is 1.